The third kappa shape index (κ3) is 1.04. The lowest BCUT2D eigenvalue weighted by molar-refractivity contribution is 1.51. The number of hydrogen-bond donors (Lipinski definition) is 0. The van der Waals surface area contributed by atoms with Gasteiger partial charge in [0.05, 0.1) is 0 Å². The summed E-state index contributed by atoms with van der Waals surface area (Å²) < 4.78 is 1.16. The van der Waals surface area contributed by atoms with Gasteiger partial charge < -0.3 is 0 Å². The maximum absolute atomic E-state index is 3.34. The van der Waals surface area contributed by atoms with Crippen molar-refractivity contribution in [1.82, 2.24) is 0 Å². The Morgan fingerprint density at radius 3 is 2.71 bits per heavy atom. The molecule has 0 saturated heterocycles. The molecule has 0 fully saturated rings. The Kier molecular flexibility index (Phi) is 1.50. The molecule has 0 amide bonds. The van der Waals surface area contributed by atoms with Crippen molar-refractivity contribution in [3.63, 3.8) is 0 Å². The van der Waals surface area contributed by atoms with Crippen molar-refractivity contribution in [2.75, 3.05) is 0 Å². The molecule has 2 heteroatoms. The minimum Gasteiger partial charge on any atom is -0.141 e. The van der Waals surface area contributed by atoms with Gasteiger partial charge in [0.1, 0.15) is 0 Å². The highest BCUT2D eigenvalue weighted by atomic mass is 79.9. The largest absolute Gasteiger partial charge is 0.141 e. The van der Waals surface area contributed by atoms with Crippen LogP contribution >= 0.6 is 27.3 Å². The summed E-state index contributed by atoms with van der Waals surface area (Å²) in [5, 5.41) is 5.09. The summed E-state index contributed by atoms with van der Waals surface area (Å²) >= 11 is 4.94. The number of halogens is 1. The Morgan fingerprint density at radius 2 is 2.57 bits per heavy atom. The fourth-order valence-electron chi connectivity index (χ4n) is 0.307. The van der Waals surface area contributed by atoms with E-state index in [9.17, 15) is 0 Å². The van der Waals surface area contributed by atoms with E-state index >= 15 is 0 Å². The van der Waals surface area contributed by atoms with Crippen LogP contribution in [0, 0.1) is 12.3 Å². The van der Waals surface area contributed by atoms with Crippen molar-refractivity contribution in [3.05, 3.63) is 20.8 Å². The van der Waals surface area contributed by atoms with Gasteiger partial charge in [-0.05, 0) is 28.4 Å². The first-order valence-electron chi connectivity index (χ1n) is 1.92. The van der Waals surface area contributed by atoms with Crippen LogP contribution in [0.25, 0.3) is 0 Å². The van der Waals surface area contributed by atoms with Crippen LogP contribution in [0.5, 0.6) is 0 Å². The van der Waals surface area contributed by atoms with Gasteiger partial charge in [-0.2, -0.15) is 0 Å². The predicted molar refractivity (Wildman–Crippen MR) is 35.6 cm³/mol. The third-order valence-electron chi connectivity index (χ3n) is 0.733. The fraction of sp³-hybridized carbons (Fsp3) is 0.200. The highest BCUT2D eigenvalue weighted by molar-refractivity contribution is 9.10. The Balaban J connectivity index is 3.12. The summed E-state index contributed by atoms with van der Waals surface area (Å²) in [4.78, 5) is 0. The van der Waals surface area contributed by atoms with E-state index < -0.39 is 0 Å². The zero-order valence-electron chi connectivity index (χ0n) is 3.86. The lowest BCUT2D eigenvalue weighted by Crippen LogP contribution is -1.57. The zero-order valence-corrected chi connectivity index (χ0v) is 6.27. The molecule has 0 aliphatic rings. The van der Waals surface area contributed by atoms with E-state index in [1.54, 1.807) is 11.3 Å². The van der Waals surface area contributed by atoms with Crippen molar-refractivity contribution < 1.29 is 0 Å². The molecule has 0 spiro atoms. The monoisotopic (exact) mass is 175 g/mol. The number of hydrogen-bond acceptors (Lipinski definition) is 1. The van der Waals surface area contributed by atoms with Gasteiger partial charge in [-0.1, -0.05) is 0 Å². The molecule has 0 aliphatic heterocycles. The number of rotatable bonds is 0. The molecular weight excluding hydrogens is 172 g/mol. The lowest BCUT2D eigenvalue weighted by Gasteiger charge is -1.76. The first kappa shape index (κ1) is 5.32. The summed E-state index contributed by atoms with van der Waals surface area (Å²) in [6.07, 6.45) is 0. The van der Waals surface area contributed by atoms with Crippen LogP contribution in [-0.4, -0.2) is 0 Å². The van der Waals surface area contributed by atoms with Crippen molar-refractivity contribution in [3.8, 4) is 0 Å². The van der Waals surface area contributed by atoms with Gasteiger partial charge in [0.2, 0.25) is 0 Å². The van der Waals surface area contributed by atoms with Crippen LogP contribution in [0.3, 0.4) is 0 Å². The topological polar surface area (TPSA) is 0 Å². The molecule has 0 aromatic carbocycles. The summed E-state index contributed by atoms with van der Waals surface area (Å²) in [6, 6.07) is 0. The Bertz CT molecular complexity index is 140. The minimum atomic E-state index is 1.16. The molecule has 0 bridgehead atoms. The second-order valence-electron chi connectivity index (χ2n) is 1.31. The van der Waals surface area contributed by atoms with Gasteiger partial charge in [0.25, 0.3) is 0 Å². The van der Waals surface area contributed by atoms with Crippen LogP contribution in [0.2, 0.25) is 0 Å². The Morgan fingerprint density at radius 1 is 1.86 bits per heavy atom. The summed E-state index contributed by atoms with van der Waals surface area (Å²) in [6.45, 7) is 2.03. The van der Waals surface area contributed by atoms with E-state index in [4.69, 9.17) is 0 Å². The second-order valence-corrected chi connectivity index (χ2v) is 2.84. The maximum Gasteiger partial charge on any atom is 0.0486 e. The number of thiophene rings is 1. The molecule has 37 valence electrons. The normalized spacial score (nSPS) is 9.43. The van der Waals surface area contributed by atoms with Gasteiger partial charge in [-0.15, -0.1) is 11.3 Å². The molecule has 1 heterocycles. The van der Waals surface area contributed by atoms with Crippen molar-refractivity contribution in [1.29, 1.82) is 0 Å². The van der Waals surface area contributed by atoms with E-state index in [-0.39, 0.29) is 0 Å². The van der Waals surface area contributed by atoms with Crippen molar-refractivity contribution in [2.24, 2.45) is 0 Å². The van der Waals surface area contributed by atoms with Crippen molar-refractivity contribution >= 4 is 27.3 Å². The quantitative estimate of drug-likeness (QED) is 0.569. The van der Waals surface area contributed by atoms with Gasteiger partial charge in [0.15, 0.2) is 0 Å². The van der Waals surface area contributed by atoms with Crippen molar-refractivity contribution in [2.45, 2.75) is 6.92 Å². The molecular formula is C5H4BrS. The lowest BCUT2D eigenvalue weighted by atomic mass is 10.4. The molecule has 1 rings (SSSR count). The maximum atomic E-state index is 3.34. The van der Waals surface area contributed by atoms with E-state index in [0.717, 1.165) is 4.47 Å². The molecule has 1 aromatic rings. The molecule has 1 radical (unpaired) electrons. The third-order valence-corrected chi connectivity index (χ3v) is 2.64. The standard InChI is InChI=1S/C5H4BrS/c1-4-2-7-3-5(4)6/h3H,1H3. The molecule has 1 aromatic heterocycles. The van der Waals surface area contributed by atoms with Crippen LogP contribution in [0.15, 0.2) is 9.85 Å². The average Bonchev–Trinajstić information content (AvgIpc) is 1.91. The second kappa shape index (κ2) is 1.97. The first-order valence-corrected chi connectivity index (χ1v) is 3.59. The van der Waals surface area contributed by atoms with Crippen LogP contribution in [-0.2, 0) is 0 Å². The van der Waals surface area contributed by atoms with Gasteiger partial charge >= 0.3 is 0 Å². The number of aryl methyl sites for hydroxylation is 1. The summed E-state index contributed by atoms with van der Waals surface area (Å²) in [5.74, 6) is 0. The fourth-order valence-corrected chi connectivity index (χ4v) is 1.44. The van der Waals surface area contributed by atoms with E-state index in [1.807, 2.05) is 12.3 Å². The molecule has 0 N–H and O–H groups in total. The molecule has 0 unspecified atom stereocenters. The molecule has 0 saturated carbocycles. The smallest absolute Gasteiger partial charge is 0.0486 e. The van der Waals surface area contributed by atoms with Crippen LogP contribution < -0.4 is 0 Å². The highest BCUT2D eigenvalue weighted by Gasteiger charge is 1.90. The van der Waals surface area contributed by atoms with E-state index in [2.05, 4.69) is 21.3 Å². The van der Waals surface area contributed by atoms with E-state index in [0.29, 0.717) is 0 Å². The first-order chi connectivity index (χ1) is 3.30. The summed E-state index contributed by atoms with van der Waals surface area (Å²) in [7, 11) is 0. The average molecular weight is 176 g/mol. The highest BCUT2D eigenvalue weighted by Crippen LogP contribution is 2.18. The van der Waals surface area contributed by atoms with Gasteiger partial charge in [-0.3, -0.25) is 0 Å². The zero-order chi connectivity index (χ0) is 5.28. The summed E-state index contributed by atoms with van der Waals surface area (Å²) in [5.41, 5.74) is 1.20. The van der Waals surface area contributed by atoms with Crippen LogP contribution in [0.1, 0.15) is 5.56 Å². The van der Waals surface area contributed by atoms with Gasteiger partial charge in [-0.25, -0.2) is 0 Å². The molecule has 7 heavy (non-hydrogen) atoms. The SMILES string of the molecule is Cc1[c]scc1Br. The predicted octanol–water partition coefficient (Wildman–Crippen LogP) is 2.62. The van der Waals surface area contributed by atoms with Gasteiger partial charge in [0, 0.05) is 15.2 Å². The molecule has 0 nitrogen and oxygen atoms in total. The molecule has 0 atom stereocenters. The van der Waals surface area contributed by atoms with Crippen LogP contribution in [0.4, 0.5) is 0 Å². The minimum absolute atomic E-state index is 1.16. The van der Waals surface area contributed by atoms with E-state index in [1.165, 1.54) is 5.56 Å². The Hall–Kier alpha value is 0.180. The Labute approximate surface area is 55.3 Å². The molecule has 0 aliphatic carbocycles.